The number of H-pyrrole nitrogens is 1. The number of nitrogens with zero attached hydrogens (tertiary/aromatic N) is 5. The zero-order valence-electron chi connectivity index (χ0n) is 14.5. The molecule has 9 heteroatoms. The van der Waals surface area contributed by atoms with E-state index >= 15 is 0 Å². The van der Waals surface area contributed by atoms with Crippen LogP contribution in [0.1, 0.15) is 28.8 Å². The number of hydrogen-bond acceptors (Lipinski definition) is 7. The summed E-state index contributed by atoms with van der Waals surface area (Å²) in [6.07, 6.45) is 8.07. The van der Waals surface area contributed by atoms with Crippen LogP contribution >= 0.6 is 0 Å². The maximum Gasteiger partial charge on any atom is 0.252 e. The van der Waals surface area contributed by atoms with Crippen molar-refractivity contribution >= 4 is 28.6 Å². The number of carbonyl (C=O) groups is 1. The highest BCUT2D eigenvalue weighted by atomic mass is 16.1. The summed E-state index contributed by atoms with van der Waals surface area (Å²) in [4.78, 5) is 29.7. The smallest absolute Gasteiger partial charge is 0.252 e. The van der Waals surface area contributed by atoms with Gasteiger partial charge in [-0.2, -0.15) is 5.26 Å². The highest BCUT2D eigenvalue weighted by Crippen LogP contribution is 2.28. The lowest BCUT2D eigenvalue weighted by molar-refractivity contribution is 0.100. The molecule has 4 rings (SSSR count). The summed E-state index contributed by atoms with van der Waals surface area (Å²) >= 11 is 0. The van der Waals surface area contributed by atoms with Crippen molar-refractivity contribution < 1.29 is 4.79 Å². The lowest BCUT2D eigenvalue weighted by Crippen LogP contribution is -2.40. The van der Waals surface area contributed by atoms with E-state index in [0.29, 0.717) is 22.7 Å². The van der Waals surface area contributed by atoms with Gasteiger partial charge >= 0.3 is 0 Å². The minimum atomic E-state index is -0.503. The number of nitrogens with two attached hydrogens (primary N) is 1. The van der Waals surface area contributed by atoms with Crippen LogP contribution in [0.3, 0.4) is 0 Å². The predicted octanol–water partition coefficient (Wildman–Crippen LogP) is 1.40. The lowest BCUT2D eigenvalue weighted by atomic mass is 10.0. The van der Waals surface area contributed by atoms with Crippen molar-refractivity contribution in [1.82, 2.24) is 19.9 Å². The van der Waals surface area contributed by atoms with Crippen LogP contribution in [0.4, 0.5) is 11.6 Å². The van der Waals surface area contributed by atoms with Crippen molar-refractivity contribution in [2.45, 2.75) is 18.9 Å². The van der Waals surface area contributed by atoms with Crippen molar-refractivity contribution in [3.8, 4) is 6.07 Å². The van der Waals surface area contributed by atoms with E-state index in [0.717, 1.165) is 37.0 Å². The molecule has 0 aromatic carbocycles. The van der Waals surface area contributed by atoms with Gasteiger partial charge in [-0.1, -0.05) is 0 Å². The van der Waals surface area contributed by atoms with E-state index in [1.54, 1.807) is 6.20 Å². The van der Waals surface area contributed by atoms with Gasteiger partial charge in [0.2, 0.25) is 5.95 Å². The van der Waals surface area contributed by atoms with E-state index in [4.69, 9.17) is 11.0 Å². The van der Waals surface area contributed by atoms with Crippen molar-refractivity contribution in [1.29, 1.82) is 5.26 Å². The fourth-order valence-corrected chi connectivity index (χ4v) is 3.32. The molecule has 0 bridgehead atoms. The van der Waals surface area contributed by atoms with E-state index in [-0.39, 0.29) is 6.04 Å². The van der Waals surface area contributed by atoms with Gasteiger partial charge in [-0.05, 0) is 18.9 Å². The first-order chi connectivity index (χ1) is 13.2. The maximum atomic E-state index is 11.8. The van der Waals surface area contributed by atoms with Crippen LogP contribution in [-0.4, -0.2) is 45.0 Å². The molecular formula is C18H18N8O. The Hall–Kier alpha value is -3.67. The number of pyridine rings is 1. The van der Waals surface area contributed by atoms with Crippen molar-refractivity contribution in [3.05, 3.63) is 42.0 Å². The van der Waals surface area contributed by atoms with Gasteiger partial charge in [-0.3, -0.25) is 4.79 Å². The molecule has 1 saturated heterocycles. The summed E-state index contributed by atoms with van der Waals surface area (Å²) in [6.45, 7) is 1.55. The van der Waals surface area contributed by atoms with E-state index in [1.807, 2.05) is 12.1 Å². The number of anilines is 2. The average molecular weight is 362 g/mol. The molecule has 1 amide bonds. The molecule has 0 aliphatic carbocycles. The standard InChI is InChI=1S/C18H18N8O/c19-7-11-8-23-18(24-9-11)26-5-2-12(3-6-26)25-15-13-1-4-21-17(13)22-10-14(15)16(20)27/h1,4,8-10,12H,2-3,5-6H2,(H2,20,27)(H2,21,22,25). The third kappa shape index (κ3) is 3.25. The van der Waals surface area contributed by atoms with Crippen LogP contribution in [0, 0.1) is 11.3 Å². The first kappa shape index (κ1) is 16.8. The third-order valence-electron chi connectivity index (χ3n) is 4.75. The number of amides is 1. The van der Waals surface area contributed by atoms with Gasteiger partial charge in [0, 0.05) is 36.9 Å². The maximum absolute atomic E-state index is 11.8. The van der Waals surface area contributed by atoms with Gasteiger partial charge in [0.05, 0.1) is 29.2 Å². The Morgan fingerprint density at radius 1 is 1.26 bits per heavy atom. The van der Waals surface area contributed by atoms with Crippen LogP contribution in [0.15, 0.2) is 30.9 Å². The van der Waals surface area contributed by atoms with E-state index < -0.39 is 5.91 Å². The van der Waals surface area contributed by atoms with E-state index in [9.17, 15) is 4.79 Å². The molecule has 9 nitrogen and oxygen atoms in total. The van der Waals surface area contributed by atoms with E-state index in [2.05, 4.69) is 30.2 Å². The summed E-state index contributed by atoms with van der Waals surface area (Å²) in [7, 11) is 0. The lowest BCUT2D eigenvalue weighted by Gasteiger charge is -2.33. The fraction of sp³-hybridized carbons (Fsp3) is 0.278. The largest absolute Gasteiger partial charge is 0.381 e. The highest BCUT2D eigenvalue weighted by Gasteiger charge is 2.23. The number of primary amides is 1. The molecule has 4 heterocycles. The Bertz CT molecular complexity index is 1010. The number of hydrogen-bond donors (Lipinski definition) is 3. The molecule has 4 N–H and O–H groups in total. The van der Waals surface area contributed by atoms with Crippen molar-refractivity contribution in [2.24, 2.45) is 5.73 Å². The van der Waals surface area contributed by atoms with Crippen LogP contribution in [0.5, 0.6) is 0 Å². The quantitative estimate of drug-likeness (QED) is 0.638. The second-order valence-electron chi connectivity index (χ2n) is 6.44. The number of rotatable bonds is 4. The van der Waals surface area contributed by atoms with Crippen LogP contribution in [-0.2, 0) is 0 Å². The molecule has 0 spiro atoms. The first-order valence-corrected chi connectivity index (χ1v) is 8.65. The normalized spacial score (nSPS) is 14.9. The van der Waals surface area contributed by atoms with Crippen LogP contribution in [0.2, 0.25) is 0 Å². The molecule has 0 unspecified atom stereocenters. The monoisotopic (exact) mass is 362 g/mol. The number of piperidine rings is 1. The second kappa shape index (κ2) is 6.92. The van der Waals surface area contributed by atoms with Gasteiger partial charge < -0.3 is 20.9 Å². The molecule has 1 fully saturated rings. The van der Waals surface area contributed by atoms with E-state index in [1.165, 1.54) is 18.6 Å². The Morgan fingerprint density at radius 3 is 2.67 bits per heavy atom. The molecule has 0 radical (unpaired) electrons. The first-order valence-electron chi connectivity index (χ1n) is 8.65. The fourth-order valence-electron chi connectivity index (χ4n) is 3.32. The molecular weight excluding hydrogens is 344 g/mol. The predicted molar refractivity (Wildman–Crippen MR) is 100 cm³/mol. The minimum absolute atomic E-state index is 0.193. The summed E-state index contributed by atoms with van der Waals surface area (Å²) < 4.78 is 0. The summed E-state index contributed by atoms with van der Waals surface area (Å²) in [5.74, 6) is 0.124. The van der Waals surface area contributed by atoms with Gasteiger partial charge in [0.1, 0.15) is 11.7 Å². The van der Waals surface area contributed by atoms with Crippen molar-refractivity contribution in [3.63, 3.8) is 0 Å². The average Bonchev–Trinajstić information content (AvgIpc) is 3.18. The molecule has 1 aliphatic heterocycles. The summed E-state index contributed by atoms with van der Waals surface area (Å²) in [6, 6.07) is 4.10. The van der Waals surface area contributed by atoms with Gasteiger partial charge in [-0.25, -0.2) is 15.0 Å². The number of fused-ring (bicyclic) bond motifs is 1. The van der Waals surface area contributed by atoms with Crippen molar-refractivity contribution in [2.75, 3.05) is 23.3 Å². The zero-order valence-corrected chi connectivity index (χ0v) is 14.5. The Balaban J connectivity index is 1.49. The third-order valence-corrected chi connectivity index (χ3v) is 4.75. The highest BCUT2D eigenvalue weighted by molar-refractivity contribution is 6.05. The minimum Gasteiger partial charge on any atom is -0.381 e. The van der Waals surface area contributed by atoms with Gasteiger partial charge in [0.25, 0.3) is 5.91 Å². The zero-order chi connectivity index (χ0) is 18.8. The molecule has 3 aromatic heterocycles. The van der Waals surface area contributed by atoms with Crippen LogP contribution < -0.4 is 16.0 Å². The Kier molecular flexibility index (Phi) is 4.30. The van der Waals surface area contributed by atoms with Gasteiger partial charge in [-0.15, -0.1) is 0 Å². The number of aromatic amines is 1. The van der Waals surface area contributed by atoms with Gasteiger partial charge in [0.15, 0.2) is 0 Å². The molecule has 3 aromatic rings. The number of aromatic nitrogens is 4. The molecule has 0 atom stereocenters. The second-order valence-corrected chi connectivity index (χ2v) is 6.44. The topological polar surface area (TPSA) is 137 Å². The summed E-state index contributed by atoms with van der Waals surface area (Å²) in [5.41, 5.74) is 7.80. The number of nitrogens with one attached hydrogen (secondary N) is 2. The summed E-state index contributed by atoms with van der Waals surface area (Å²) in [5, 5.41) is 13.2. The molecule has 1 aliphatic rings. The van der Waals surface area contributed by atoms with Crippen LogP contribution in [0.25, 0.3) is 11.0 Å². The molecule has 27 heavy (non-hydrogen) atoms. The Labute approximate surface area is 155 Å². The number of nitriles is 1. The molecule has 136 valence electrons. The SMILES string of the molecule is N#Cc1cnc(N2CCC(Nc3c(C(N)=O)cnc4[nH]ccc34)CC2)nc1. The number of carbonyl (C=O) groups excluding carboxylic acids is 1. The molecule has 0 saturated carbocycles. The Morgan fingerprint density at radius 2 is 2.00 bits per heavy atom.